The Balaban J connectivity index is 0.741. The van der Waals surface area contributed by atoms with Gasteiger partial charge in [0.25, 0.3) is 6.71 Å². The lowest BCUT2D eigenvalue weighted by atomic mass is 9.34. The van der Waals surface area contributed by atoms with Gasteiger partial charge in [0.2, 0.25) is 0 Å². The first kappa shape index (κ1) is 53.7. The van der Waals surface area contributed by atoms with Crippen LogP contribution < -0.4 is 35.7 Å². The molecule has 0 fully saturated rings. The van der Waals surface area contributed by atoms with E-state index in [-0.39, 0.29) is 12.1 Å². The zero-order valence-electron chi connectivity index (χ0n) is 51.7. The molecule has 7 heteroatoms. The van der Waals surface area contributed by atoms with Crippen molar-refractivity contribution in [1.82, 2.24) is 0 Å². The van der Waals surface area contributed by atoms with Crippen molar-refractivity contribution in [2.45, 2.75) is 45.4 Å². The Kier molecular flexibility index (Phi) is 11.7. The molecule has 0 N–H and O–H groups in total. The van der Waals surface area contributed by atoms with Crippen molar-refractivity contribution in [3.8, 4) is 67.5 Å². The van der Waals surface area contributed by atoms with Gasteiger partial charge in [-0.25, -0.2) is 0 Å². The van der Waals surface area contributed by atoms with Crippen LogP contribution in [0.5, 0.6) is 23.0 Å². The van der Waals surface area contributed by atoms with Gasteiger partial charge in [0.15, 0.2) is 11.2 Å². The molecular weight excluding hydrogens is 1120 g/mol. The second-order valence-electron chi connectivity index (χ2n) is 25.9. The predicted octanol–water partition coefficient (Wildman–Crippen LogP) is 21.6. The quantitative estimate of drug-likeness (QED) is 0.127. The van der Waals surface area contributed by atoms with Crippen molar-refractivity contribution in [3.63, 3.8) is 0 Å². The van der Waals surface area contributed by atoms with E-state index in [1.54, 1.807) is 0 Å². The van der Waals surface area contributed by atoms with Crippen molar-refractivity contribution in [1.29, 1.82) is 0 Å². The fraction of sp³-hybridized carbons (Fsp3) is 0.0824. The molecule has 12 aromatic carbocycles. The summed E-state index contributed by atoms with van der Waals surface area (Å²) in [4.78, 5) is 4.71. The highest BCUT2D eigenvalue weighted by Gasteiger charge is 2.46. The van der Waals surface area contributed by atoms with E-state index >= 15 is 0 Å². The molecule has 18 rings (SSSR count). The molecule has 0 bridgehead atoms. The van der Waals surface area contributed by atoms with Crippen molar-refractivity contribution >= 4 is 102 Å². The molecule has 2 aliphatic heterocycles. The van der Waals surface area contributed by atoms with Crippen LogP contribution >= 0.6 is 0 Å². The highest BCUT2D eigenvalue weighted by Crippen LogP contribution is 2.56. The zero-order chi connectivity index (χ0) is 61.7. The first-order valence-electron chi connectivity index (χ1n) is 31.8. The van der Waals surface area contributed by atoms with Crippen LogP contribution in [0.2, 0.25) is 0 Å². The van der Waals surface area contributed by atoms with Crippen LogP contribution in [-0.4, -0.2) is 6.71 Å². The first-order chi connectivity index (χ1) is 45.0. The molecule has 6 nitrogen and oxygen atoms in total. The molecular formula is C85H61BN2O4. The lowest BCUT2D eigenvalue weighted by Crippen LogP contribution is -2.57. The van der Waals surface area contributed by atoms with Crippen LogP contribution in [0.4, 0.5) is 34.1 Å². The van der Waals surface area contributed by atoms with Crippen LogP contribution in [0.15, 0.2) is 270 Å². The third-order valence-corrected chi connectivity index (χ3v) is 20.1. The number of furan rings is 2. The van der Waals surface area contributed by atoms with Gasteiger partial charge in [-0.3, -0.25) is 0 Å². The molecule has 4 aliphatic rings. The number of benzene rings is 12. The zero-order valence-corrected chi connectivity index (χ0v) is 51.7. The van der Waals surface area contributed by atoms with E-state index in [1.807, 2.05) is 19.1 Å². The summed E-state index contributed by atoms with van der Waals surface area (Å²) in [5, 5.41) is 3.21. The molecule has 0 saturated carbocycles. The number of fused-ring (bicyclic) bond motifs is 14. The molecule has 0 radical (unpaired) electrons. The second kappa shape index (κ2) is 20.1. The fourth-order valence-corrected chi connectivity index (χ4v) is 15.6. The second-order valence-corrected chi connectivity index (χ2v) is 25.9. The van der Waals surface area contributed by atoms with Gasteiger partial charge in [-0.05, 0) is 182 Å². The first-order valence-corrected chi connectivity index (χ1v) is 31.8. The van der Waals surface area contributed by atoms with E-state index in [0.29, 0.717) is 0 Å². The number of rotatable bonds is 10. The van der Waals surface area contributed by atoms with Gasteiger partial charge in [-0.15, -0.1) is 0 Å². The Morgan fingerprint density at radius 1 is 0.391 bits per heavy atom. The minimum absolute atomic E-state index is 0.149. The van der Waals surface area contributed by atoms with E-state index in [9.17, 15) is 0 Å². The monoisotopic (exact) mass is 1180 g/mol. The van der Waals surface area contributed by atoms with Gasteiger partial charge in [0.05, 0.1) is 11.4 Å². The van der Waals surface area contributed by atoms with E-state index < -0.39 is 5.41 Å². The molecule has 0 unspecified atom stereocenters. The number of nitrogens with zero attached hydrogens (tertiary/aromatic N) is 2. The topological polar surface area (TPSA) is 51.2 Å². The van der Waals surface area contributed by atoms with E-state index in [1.165, 1.54) is 55.6 Å². The number of ether oxygens (including phenoxy) is 2. The highest BCUT2D eigenvalue weighted by atomic mass is 16.5. The van der Waals surface area contributed by atoms with Gasteiger partial charge < -0.3 is 28.1 Å². The van der Waals surface area contributed by atoms with Crippen molar-refractivity contribution < 1.29 is 18.3 Å². The third-order valence-electron chi connectivity index (χ3n) is 20.1. The lowest BCUT2D eigenvalue weighted by Gasteiger charge is -2.35. The third kappa shape index (κ3) is 7.94. The Morgan fingerprint density at radius 3 is 1.36 bits per heavy atom. The molecule has 0 atom stereocenters. The van der Waals surface area contributed by atoms with E-state index in [0.717, 1.165) is 129 Å². The average Bonchev–Trinajstić information content (AvgIpc) is 1.59. The Hall–Kier alpha value is -11.3. The number of allylic oxidation sites excluding steroid dienone is 1. The summed E-state index contributed by atoms with van der Waals surface area (Å²) in [6, 6.07) is 89.9. The molecule has 0 amide bonds. The van der Waals surface area contributed by atoms with Gasteiger partial charge >= 0.3 is 0 Å². The maximum Gasteiger partial charge on any atom is 0.260 e. The Labute approximate surface area is 535 Å². The van der Waals surface area contributed by atoms with Crippen LogP contribution in [0.25, 0.3) is 89.6 Å². The molecule has 2 aromatic heterocycles. The normalized spacial score (nSPS) is 14.0. The van der Waals surface area contributed by atoms with Crippen molar-refractivity contribution in [3.05, 3.63) is 295 Å². The number of hydrogen-bond donors (Lipinski definition) is 0. The maximum absolute atomic E-state index is 7.09. The number of anilines is 6. The summed E-state index contributed by atoms with van der Waals surface area (Å²) in [6.07, 6.45) is 5.97. The Morgan fingerprint density at radius 2 is 0.837 bits per heavy atom. The molecule has 0 spiro atoms. The summed E-state index contributed by atoms with van der Waals surface area (Å²) in [6.45, 7) is 15.5. The molecule has 92 heavy (non-hydrogen) atoms. The van der Waals surface area contributed by atoms with Crippen LogP contribution in [0, 0.1) is 0 Å². The predicted molar refractivity (Wildman–Crippen MR) is 381 cm³/mol. The minimum Gasteiger partial charge on any atom is -0.458 e. The van der Waals surface area contributed by atoms with Gasteiger partial charge in [0.1, 0.15) is 34.3 Å². The summed E-state index contributed by atoms with van der Waals surface area (Å²) < 4.78 is 27.7. The summed E-state index contributed by atoms with van der Waals surface area (Å²) in [5.74, 6) is 4.11. The van der Waals surface area contributed by atoms with E-state index in [2.05, 4.69) is 299 Å². The molecule has 14 aromatic rings. The van der Waals surface area contributed by atoms with Crippen LogP contribution in [-0.2, 0) is 10.8 Å². The van der Waals surface area contributed by atoms with Gasteiger partial charge in [0, 0.05) is 60.8 Å². The molecule has 438 valence electrons. The average molecular weight is 1190 g/mol. The van der Waals surface area contributed by atoms with Crippen molar-refractivity contribution in [2.75, 3.05) is 9.80 Å². The van der Waals surface area contributed by atoms with Crippen LogP contribution in [0.3, 0.4) is 0 Å². The summed E-state index contributed by atoms with van der Waals surface area (Å²) >= 11 is 0. The fourth-order valence-electron chi connectivity index (χ4n) is 15.6. The largest absolute Gasteiger partial charge is 0.458 e. The molecule has 2 aliphatic carbocycles. The van der Waals surface area contributed by atoms with Crippen LogP contribution in [0.1, 0.15) is 68.2 Å². The lowest BCUT2D eigenvalue weighted by molar-refractivity contribution is 0.464. The SMILES string of the molecule is C=Cc1oc2c(N(c3ccc(-c4ccccc4)cc3)c3ccc4c(c3)C(C)(C)c3cc5c(cc3-4)Oc3cccc4c3B5c3cc5c(cc3O4)-c3ccc(N(c4ccc(-c6ccccc6)cc4)c4cccc6c4oc4ccccc46)cc3C5(C)C)cccc2c1/C=C\C. The summed E-state index contributed by atoms with van der Waals surface area (Å²) in [5.41, 5.74) is 26.6. The number of para-hydroxylation sites is 3. The number of hydrogen-bond acceptors (Lipinski definition) is 6. The molecule has 4 heterocycles. The maximum atomic E-state index is 7.09. The van der Waals surface area contributed by atoms with Gasteiger partial charge in [-0.1, -0.05) is 204 Å². The minimum atomic E-state index is -0.398. The molecule has 0 saturated heterocycles. The Bertz CT molecular complexity index is 5440. The summed E-state index contributed by atoms with van der Waals surface area (Å²) in [7, 11) is 0. The standard InChI is InChI=1S/C85H61BN2O4/c1-7-20-61-63-26-17-28-73(82(63)91-75(61)8-2)87(55-37-33-53(34-38-55)51-21-11-9-12-22-51)57-41-43-59-65-47-79-71(49-69(65)84(3,4)67(59)45-57)86-72-50-70-66(48-80(72)90-78-32-19-31-77(89-79)81(78)86)60-44-42-58(46-68(60)85(70,5)6)88(56-39-35-54(36-40-56)52-23-13-10-14-24-52)74-29-18-27-64-62-25-15-16-30-76(62)92-83(64)74/h7-50H,2H2,1,3-6H3/b20-7-. The van der Waals surface area contributed by atoms with Gasteiger partial charge in [-0.2, -0.15) is 0 Å². The smallest absolute Gasteiger partial charge is 0.260 e. The van der Waals surface area contributed by atoms with E-state index in [4.69, 9.17) is 18.3 Å². The van der Waals surface area contributed by atoms with Crippen molar-refractivity contribution in [2.24, 2.45) is 0 Å². The highest BCUT2D eigenvalue weighted by molar-refractivity contribution is 6.98.